The van der Waals surface area contributed by atoms with Crippen LogP contribution >= 0.6 is 0 Å². The fraction of sp³-hybridized carbons (Fsp3) is 0.235. The minimum absolute atomic E-state index is 0.116. The Bertz CT molecular complexity index is 629. The number of carbonyl (C=O) groups is 1. The van der Waals surface area contributed by atoms with E-state index in [0.29, 0.717) is 17.2 Å². The van der Waals surface area contributed by atoms with Crippen molar-refractivity contribution >= 4 is 11.7 Å². The van der Waals surface area contributed by atoms with Crippen molar-refractivity contribution < 1.29 is 14.6 Å². The molecule has 5 nitrogen and oxygen atoms in total. The van der Waals surface area contributed by atoms with Crippen LogP contribution in [0.3, 0.4) is 0 Å². The quantitative estimate of drug-likeness (QED) is 0.793. The predicted molar refractivity (Wildman–Crippen MR) is 86.4 cm³/mol. The molecule has 0 aliphatic heterocycles. The molecule has 1 unspecified atom stereocenters. The van der Waals surface area contributed by atoms with Crippen LogP contribution in [0.2, 0.25) is 0 Å². The molecule has 0 bridgehead atoms. The highest BCUT2D eigenvalue weighted by molar-refractivity contribution is 5.91. The summed E-state index contributed by atoms with van der Waals surface area (Å²) in [6.07, 6.45) is 0. The maximum Gasteiger partial charge on any atom is 0.319 e. The highest BCUT2D eigenvalue weighted by Gasteiger charge is 2.11. The first-order valence-electron chi connectivity index (χ1n) is 7.10. The zero-order valence-electron chi connectivity index (χ0n) is 12.7. The van der Waals surface area contributed by atoms with Crippen LogP contribution in [0.25, 0.3) is 0 Å². The summed E-state index contributed by atoms with van der Waals surface area (Å²) < 4.78 is 5.80. The van der Waals surface area contributed by atoms with Crippen molar-refractivity contribution in [2.24, 2.45) is 0 Å². The molecule has 0 saturated heterocycles. The maximum atomic E-state index is 11.9. The van der Waals surface area contributed by atoms with E-state index in [9.17, 15) is 4.79 Å². The highest BCUT2D eigenvalue weighted by atomic mass is 16.5. The number of hydrogen-bond donors (Lipinski definition) is 3. The van der Waals surface area contributed by atoms with Gasteiger partial charge in [0.2, 0.25) is 0 Å². The van der Waals surface area contributed by atoms with Crippen LogP contribution in [0.4, 0.5) is 10.5 Å². The van der Waals surface area contributed by atoms with Gasteiger partial charge in [0.05, 0.1) is 18.3 Å². The first-order valence-corrected chi connectivity index (χ1v) is 7.10. The lowest BCUT2D eigenvalue weighted by Crippen LogP contribution is -2.38. The Hall–Kier alpha value is -2.53. The van der Waals surface area contributed by atoms with E-state index in [0.717, 1.165) is 5.56 Å². The maximum absolute atomic E-state index is 11.9. The van der Waals surface area contributed by atoms with Crippen LogP contribution in [0.15, 0.2) is 48.5 Å². The fourth-order valence-corrected chi connectivity index (χ4v) is 1.87. The van der Waals surface area contributed by atoms with Crippen LogP contribution in [-0.4, -0.2) is 23.8 Å². The molecule has 2 aromatic carbocycles. The third-order valence-corrected chi connectivity index (χ3v) is 3.01. The van der Waals surface area contributed by atoms with E-state index >= 15 is 0 Å². The minimum Gasteiger partial charge on any atom is -0.455 e. The number of benzene rings is 2. The van der Waals surface area contributed by atoms with E-state index < -0.39 is 0 Å². The van der Waals surface area contributed by atoms with Gasteiger partial charge in [0.1, 0.15) is 5.75 Å². The van der Waals surface area contributed by atoms with Gasteiger partial charge in [-0.2, -0.15) is 0 Å². The van der Waals surface area contributed by atoms with Crippen LogP contribution in [0, 0.1) is 6.92 Å². The van der Waals surface area contributed by atoms with Gasteiger partial charge in [-0.15, -0.1) is 0 Å². The number of nitrogens with one attached hydrogen (secondary N) is 2. The van der Waals surface area contributed by atoms with Crippen LogP contribution in [0.5, 0.6) is 11.5 Å². The Balaban J connectivity index is 2.15. The van der Waals surface area contributed by atoms with Gasteiger partial charge in [0.25, 0.3) is 0 Å². The summed E-state index contributed by atoms with van der Waals surface area (Å²) in [5.41, 5.74) is 1.58. The molecule has 0 aromatic heterocycles. The van der Waals surface area contributed by atoms with Crippen molar-refractivity contribution in [3.8, 4) is 11.5 Å². The van der Waals surface area contributed by atoms with Crippen molar-refractivity contribution in [1.82, 2.24) is 5.32 Å². The molecule has 0 aliphatic rings. The summed E-state index contributed by atoms with van der Waals surface area (Å²) in [7, 11) is 0. The monoisotopic (exact) mass is 300 g/mol. The number of urea groups is 1. The second-order valence-corrected chi connectivity index (χ2v) is 5.10. The minimum atomic E-state index is -0.384. The molecule has 0 fully saturated rings. The molecule has 0 spiro atoms. The predicted octanol–water partition coefficient (Wildman–Crippen LogP) is 3.29. The molecule has 0 aliphatic carbocycles. The highest BCUT2D eigenvalue weighted by Crippen LogP contribution is 2.30. The second-order valence-electron chi connectivity index (χ2n) is 5.10. The molecule has 5 heteroatoms. The summed E-state index contributed by atoms with van der Waals surface area (Å²) in [4.78, 5) is 11.9. The summed E-state index contributed by atoms with van der Waals surface area (Å²) in [5.74, 6) is 1.25. The number of amides is 2. The van der Waals surface area contributed by atoms with E-state index in [1.165, 1.54) is 0 Å². The number of rotatable bonds is 5. The Labute approximate surface area is 129 Å². The molecule has 1 atom stereocenters. The number of aliphatic hydroxyl groups is 1. The largest absolute Gasteiger partial charge is 0.455 e. The molecule has 22 heavy (non-hydrogen) atoms. The number of ether oxygens (including phenoxy) is 1. The Morgan fingerprint density at radius 2 is 1.95 bits per heavy atom. The molecular weight excluding hydrogens is 280 g/mol. The van der Waals surface area contributed by atoms with Crippen molar-refractivity contribution in [3.63, 3.8) is 0 Å². The zero-order chi connectivity index (χ0) is 15.9. The van der Waals surface area contributed by atoms with Gasteiger partial charge in [-0.3, -0.25) is 0 Å². The molecule has 0 heterocycles. The number of hydrogen-bond acceptors (Lipinski definition) is 3. The smallest absolute Gasteiger partial charge is 0.319 e. The number of aliphatic hydroxyl groups excluding tert-OH is 1. The third kappa shape index (κ3) is 4.49. The Morgan fingerprint density at radius 1 is 1.23 bits per heavy atom. The van der Waals surface area contributed by atoms with Gasteiger partial charge in [-0.25, -0.2) is 4.79 Å². The number of anilines is 1. The standard InChI is InChI=1S/C17H20N2O3/c1-12-8-9-16(22-14-6-4-3-5-7-14)15(10-12)19-17(21)18-13(2)11-20/h3-10,13,20H,11H2,1-2H3,(H2,18,19,21). The van der Waals surface area contributed by atoms with Crippen LogP contribution in [0.1, 0.15) is 12.5 Å². The molecule has 2 amide bonds. The SMILES string of the molecule is Cc1ccc(Oc2ccccc2)c(NC(=O)NC(C)CO)c1. The van der Waals surface area contributed by atoms with Crippen LogP contribution in [-0.2, 0) is 0 Å². The summed E-state index contributed by atoms with van der Waals surface area (Å²) in [6.45, 7) is 3.54. The van der Waals surface area contributed by atoms with E-state index in [1.807, 2.05) is 55.5 Å². The second kappa shape index (κ2) is 7.47. The third-order valence-electron chi connectivity index (χ3n) is 3.01. The van der Waals surface area contributed by atoms with Gasteiger partial charge in [0, 0.05) is 0 Å². The van der Waals surface area contributed by atoms with Crippen molar-refractivity contribution in [3.05, 3.63) is 54.1 Å². The number of carbonyl (C=O) groups excluding carboxylic acids is 1. The van der Waals surface area contributed by atoms with E-state index in [2.05, 4.69) is 10.6 Å². The lowest BCUT2D eigenvalue weighted by Gasteiger charge is -2.15. The Morgan fingerprint density at radius 3 is 2.64 bits per heavy atom. The average Bonchev–Trinajstić information content (AvgIpc) is 2.51. The summed E-state index contributed by atoms with van der Waals surface area (Å²) >= 11 is 0. The first kappa shape index (κ1) is 15.9. The van der Waals surface area contributed by atoms with E-state index in [-0.39, 0.29) is 18.7 Å². The van der Waals surface area contributed by atoms with Gasteiger partial charge < -0.3 is 20.5 Å². The number of para-hydroxylation sites is 1. The molecule has 2 rings (SSSR count). The van der Waals surface area contributed by atoms with Gasteiger partial charge in [0.15, 0.2) is 5.75 Å². The van der Waals surface area contributed by atoms with Crippen molar-refractivity contribution in [2.75, 3.05) is 11.9 Å². The number of aryl methyl sites for hydroxylation is 1. The molecule has 0 saturated carbocycles. The van der Waals surface area contributed by atoms with Crippen molar-refractivity contribution in [1.29, 1.82) is 0 Å². The van der Waals surface area contributed by atoms with Gasteiger partial charge in [-0.05, 0) is 43.7 Å². The average molecular weight is 300 g/mol. The van der Waals surface area contributed by atoms with Crippen LogP contribution < -0.4 is 15.4 Å². The fourth-order valence-electron chi connectivity index (χ4n) is 1.87. The lowest BCUT2D eigenvalue weighted by molar-refractivity contribution is 0.229. The molecule has 2 aromatic rings. The van der Waals surface area contributed by atoms with Crippen molar-refractivity contribution in [2.45, 2.75) is 19.9 Å². The molecular formula is C17H20N2O3. The normalized spacial score (nSPS) is 11.6. The molecule has 0 radical (unpaired) electrons. The lowest BCUT2D eigenvalue weighted by atomic mass is 10.2. The van der Waals surface area contributed by atoms with Gasteiger partial charge >= 0.3 is 6.03 Å². The summed E-state index contributed by atoms with van der Waals surface area (Å²) in [6, 6.07) is 14.2. The topological polar surface area (TPSA) is 70.6 Å². The molecule has 3 N–H and O–H groups in total. The van der Waals surface area contributed by atoms with E-state index in [4.69, 9.17) is 9.84 Å². The summed E-state index contributed by atoms with van der Waals surface area (Å²) in [5, 5.41) is 14.4. The Kier molecular flexibility index (Phi) is 5.38. The zero-order valence-corrected chi connectivity index (χ0v) is 12.7. The van der Waals surface area contributed by atoms with E-state index in [1.54, 1.807) is 6.92 Å². The first-order chi connectivity index (χ1) is 10.6. The van der Waals surface area contributed by atoms with Gasteiger partial charge in [-0.1, -0.05) is 24.3 Å². The molecule has 116 valence electrons.